The highest BCUT2D eigenvalue weighted by molar-refractivity contribution is 6.30. The number of carbonyl (C=O) groups excluding carboxylic acids is 1. The maximum Gasteiger partial charge on any atom is 0.311 e. The van der Waals surface area contributed by atoms with E-state index >= 15 is 0 Å². The molecule has 2 aliphatic heterocycles. The first-order chi connectivity index (χ1) is 15.3. The van der Waals surface area contributed by atoms with E-state index in [0.717, 1.165) is 50.5 Å². The number of aryl methyl sites for hydroxylation is 1. The Morgan fingerprint density at radius 2 is 2.00 bits per heavy atom. The van der Waals surface area contributed by atoms with E-state index in [-0.39, 0.29) is 29.3 Å². The van der Waals surface area contributed by atoms with Crippen LogP contribution in [0.25, 0.3) is 0 Å². The van der Waals surface area contributed by atoms with Gasteiger partial charge in [-0.3, -0.25) is 9.69 Å². The number of hydrogen-bond donors (Lipinski definition) is 1. The molecule has 3 fully saturated rings. The molecule has 0 spiro atoms. The van der Waals surface area contributed by atoms with E-state index in [4.69, 9.17) is 16.3 Å². The third-order valence-electron chi connectivity index (χ3n) is 8.91. The molecule has 1 aromatic carbocycles. The van der Waals surface area contributed by atoms with E-state index in [0.29, 0.717) is 12.5 Å². The standard InChI is InChI=1S/C26H35ClN2O3/c1-16-7-8-19(27)14-21(16)29-11-9-28(10-12-29)15-20-23-22(32-25(20)31)13-18-6-4-5-17(2)26(18,3)24(23)30/h6-8,14,17,20,22-24,30H,4-5,9-13,15H2,1-3H3/t17-,20+,22+,23+,24-,26+/m0/s1. The molecule has 1 N–H and O–H groups in total. The van der Waals surface area contributed by atoms with Gasteiger partial charge in [0.05, 0.1) is 12.0 Å². The Balaban J connectivity index is 1.28. The highest BCUT2D eigenvalue weighted by Gasteiger charge is 2.59. The summed E-state index contributed by atoms with van der Waals surface area (Å²) in [5.74, 6) is -0.0673. The normalized spacial score (nSPS) is 37.5. The van der Waals surface area contributed by atoms with Crippen LogP contribution in [0.3, 0.4) is 0 Å². The van der Waals surface area contributed by atoms with E-state index in [1.54, 1.807) is 0 Å². The van der Waals surface area contributed by atoms with Gasteiger partial charge in [-0.25, -0.2) is 0 Å². The lowest BCUT2D eigenvalue weighted by Crippen LogP contribution is -2.55. The fraction of sp³-hybridized carbons (Fsp3) is 0.654. The monoisotopic (exact) mass is 458 g/mol. The number of benzene rings is 1. The van der Waals surface area contributed by atoms with E-state index in [1.165, 1.54) is 16.8 Å². The number of allylic oxidation sites excluding steroid dienone is 1. The van der Waals surface area contributed by atoms with Crippen molar-refractivity contribution in [2.45, 2.75) is 52.2 Å². The number of anilines is 1. The summed E-state index contributed by atoms with van der Waals surface area (Å²) in [7, 11) is 0. The second-order valence-electron chi connectivity index (χ2n) is 10.5. The second kappa shape index (κ2) is 8.34. The van der Waals surface area contributed by atoms with Gasteiger partial charge in [0.1, 0.15) is 6.10 Å². The Morgan fingerprint density at radius 1 is 1.25 bits per heavy atom. The predicted molar refractivity (Wildman–Crippen MR) is 127 cm³/mol. The first-order valence-corrected chi connectivity index (χ1v) is 12.5. The molecule has 5 rings (SSSR count). The van der Waals surface area contributed by atoms with Gasteiger partial charge in [0.15, 0.2) is 0 Å². The molecule has 2 heterocycles. The average molecular weight is 459 g/mol. The van der Waals surface area contributed by atoms with Crippen molar-refractivity contribution in [2.24, 2.45) is 23.2 Å². The number of hydrogen-bond acceptors (Lipinski definition) is 5. The van der Waals surface area contributed by atoms with Gasteiger partial charge in [0, 0.05) is 61.2 Å². The zero-order valence-electron chi connectivity index (χ0n) is 19.4. The molecule has 2 saturated heterocycles. The lowest BCUT2D eigenvalue weighted by Gasteiger charge is -2.52. The SMILES string of the molecule is Cc1ccc(Cl)cc1N1CCN(C[C@H]2C(=O)O[C@@H]3CC4=CCC[C@H](C)[C@@]4(C)[C@@H](O)[C@@H]32)CC1. The van der Waals surface area contributed by atoms with Gasteiger partial charge in [-0.15, -0.1) is 0 Å². The molecule has 0 amide bonds. The number of halogens is 1. The zero-order valence-corrected chi connectivity index (χ0v) is 20.1. The molecule has 174 valence electrons. The third kappa shape index (κ3) is 3.57. The summed E-state index contributed by atoms with van der Waals surface area (Å²) in [4.78, 5) is 17.7. The molecular formula is C26H35ClN2O3. The Kier molecular flexibility index (Phi) is 5.80. The maximum atomic E-state index is 12.9. The van der Waals surface area contributed by atoms with Crippen LogP contribution in [0.1, 0.15) is 38.7 Å². The number of esters is 1. The van der Waals surface area contributed by atoms with Crippen molar-refractivity contribution in [3.8, 4) is 0 Å². The van der Waals surface area contributed by atoms with Gasteiger partial charge in [0.2, 0.25) is 0 Å². The number of piperazine rings is 1. The summed E-state index contributed by atoms with van der Waals surface area (Å²) < 4.78 is 5.85. The summed E-state index contributed by atoms with van der Waals surface area (Å²) in [6.45, 7) is 10.8. The second-order valence-corrected chi connectivity index (χ2v) is 11.0. The van der Waals surface area contributed by atoms with Gasteiger partial charge in [0.25, 0.3) is 0 Å². The molecular weight excluding hydrogens is 424 g/mol. The molecule has 0 radical (unpaired) electrons. The summed E-state index contributed by atoms with van der Waals surface area (Å²) in [5, 5.41) is 12.3. The van der Waals surface area contributed by atoms with E-state index in [9.17, 15) is 9.90 Å². The van der Waals surface area contributed by atoms with E-state index < -0.39 is 6.10 Å². The smallest absolute Gasteiger partial charge is 0.311 e. The minimum absolute atomic E-state index is 0.113. The molecule has 6 atom stereocenters. The molecule has 0 unspecified atom stereocenters. The molecule has 32 heavy (non-hydrogen) atoms. The minimum Gasteiger partial charge on any atom is -0.461 e. The number of carbonyl (C=O) groups is 1. The van der Waals surface area contributed by atoms with Crippen LogP contribution in [-0.4, -0.2) is 60.9 Å². The molecule has 0 aromatic heterocycles. The molecule has 1 aromatic rings. The lowest BCUT2D eigenvalue weighted by molar-refractivity contribution is -0.145. The number of fused-ring (bicyclic) bond motifs is 2. The minimum atomic E-state index is -0.533. The lowest BCUT2D eigenvalue weighted by atomic mass is 9.55. The molecule has 5 nitrogen and oxygen atoms in total. The number of rotatable bonds is 3. The number of ether oxygens (including phenoxy) is 1. The molecule has 6 heteroatoms. The first kappa shape index (κ1) is 22.2. The van der Waals surface area contributed by atoms with Crippen molar-refractivity contribution >= 4 is 23.3 Å². The van der Waals surface area contributed by atoms with Gasteiger partial charge in [-0.2, -0.15) is 0 Å². The quantitative estimate of drug-likeness (QED) is 0.547. The fourth-order valence-corrected chi connectivity index (χ4v) is 6.81. The van der Waals surface area contributed by atoms with Gasteiger partial charge in [-0.1, -0.05) is 43.2 Å². The van der Waals surface area contributed by atoms with Crippen molar-refractivity contribution in [2.75, 3.05) is 37.6 Å². The summed E-state index contributed by atoms with van der Waals surface area (Å²) in [5.41, 5.74) is 3.48. The summed E-state index contributed by atoms with van der Waals surface area (Å²) >= 11 is 6.23. The van der Waals surface area contributed by atoms with Crippen LogP contribution in [0.2, 0.25) is 5.02 Å². The maximum absolute atomic E-state index is 12.9. The van der Waals surface area contributed by atoms with Crippen LogP contribution in [0, 0.1) is 30.1 Å². The van der Waals surface area contributed by atoms with Crippen LogP contribution in [0.5, 0.6) is 0 Å². The van der Waals surface area contributed by atoms with Crippen LogP contribution < -0.4 is 4.90 Å². The zero-order chi connectivity index (χ0) is 22.6. The first-order valence-electron chi connectivity index (χ1n) is 12.1. The van der Waals surface area contributed by atoms with Crippen LogP contribution in [-0.2, 0) is 9.53 Å². The summed E-state index contributed by atoms with van der Waals surface area (Å²) in [6.07, 6.45) is 4.52. The Hall–Kier alpha value is -1.56. The molecule has 1 saturated carbocycles. The number of nitrogens with zero attached hydrogens (tertiary/aromatic N) is 2. The Labute approximate surface area is 196 Å². The molecule has 4 aliphatic rings. The van der Waals surface area contributed by atoms with Crippen molar-refractivity contribution in [1.82, 2.24) is 4.90 Å². The largest absolute Gasteiger partial charge is 0.461 e. The van der Waals surface area contributed by atoms with Crippen LogP contribution >= 0.6 is 11.6 Å². The van der Waals surface area contributed by atoms with E-state index in [1.807, 2.05) is 12.1 Å². The van der Waals surface area contributed by atoms with Gasteiger partial charge in [-0.05, 0) is 43.4 Å². The highest BCUT2D eigenvalue weighted by atomic mass is 35.5. The number of aliphatic hydroxyl groups is 1. The summed E-state index contributed by atoms with van der Waals surface area (Å²) in [6, 6.07) is 6.04. The average Bonchev–Trinajstić information content (AvgIpc) is 3.08. The molecule has 0 bridgehead atoms. The fourth-order valence-electron chi connectivity index (χ4n) is 6.65. The van der Waals surface area contributed by atoms with Gasteiger partial charge >= 0.3 is 5.97 Å². The van der Waals surface area contributed by atoms with Crippen LogP contribution in [0.15, 0.2) is 29.8 Å². The van der Waals surface area contributed by atoms with Crippen molar-refractivity contribution < 1.29 is 14.6 Å². The van der Waals surface area contributed by atoms with Crippen molar-refractivity contribution in [3.05, 3.63) is 40.4 Å². The Morgan fingerprint density at radius 3 is 2.75 bits per heavy atom. The molecule has 2 aliphatic carbocycles. The third-order valence-corrected chi connectivity index (χ3v) is 9.14. The highest BCUT2D eigenvalue weighted by Crippen LogP contribution is 2.56. The Bertz CT molecular complexity index is 926. The van der Waals surface area contributed by atoms with Crippen LogP contribution in [0.4, 0.5) is 5.69 Å². The predicted octanol–water partition coefficient (Wildman–Crippen LogP) is 4.06. The number of aliphatic hydroxyl groups excluding tert-OH is 1. The van der Waals surface area contributed by atoms with E-state index in [2.05, 4.69) is 42.7 Å². The van der Waals surface area contributed by atoms with Crippen molar-refractivity contribution in [1.29, 1.82) is 0 Å². The topological polar surface area (TPSA) is 53.0 Å². The van der Waals surface area contributed by atoms with Gasteiger partial charge < -0.3 is 14.7 Å². The van der Waals surface area contributed by atoms with Crippen molar-refractivity contribution in [3.63, 3.8) is 0 Å².